The highest BCUT2D eigenvalue weighted by Crippen LogP contribution is 2.04. The zero-order valence-corrected chi connectivity index (χ0v) is 16.2. The van der Waals surface area contributed by atoms with Crippen LogP contribution >= 0.6 is 35.3 Å². The number of hydrogen-bond donors (Lipinski definition) is 3. The summed E-state index contributed by atoms with van der Waals surface area (Å²) in [6, 6.07) is 2.06. The molecule has 122 valence electrons. The van der Waals surface area contributed by atoms with Gasteiger partial charge in [0.2, 0.25) is 10.0 Å². The SMILES string of the molecule is CCS(=O)(=O)NCCCNC(=NC)NCc1ccsc1.I. The van der Waals surface area contributed by atoms with Crippen LogP contribution in [0.1, 0.15) is 18.9 Å². The number of halogens is 1. The molecule has 0 atom stereocenters. The zero-order chi connectivity index (χ0) is 14.8. The molecule has 0 fully saturated rings. The number of nitrogens with zero attached hydrogens (tertiary/aromatic N) is 1. The largest absolute Gasteiger partial charge is 0.356 e. The Kier molecular flexibility index (Phi) is 11.0. The summed E-state index contributed by atoms with van der Waals surface area (Å²) < 4.78 is 25.0. The number of thiophene rings is 1. The number of sulfonamides is 1. The minimum absolute atomic E-state index is 0. The molecule has 0 amide bonds. The van der Waals surface area contributed by atoms with Gasteiger partial charge in [-0.1, -0.05) is 0 Å². The Bertz CT molecular complexity index is 503. The lowest BCUT2D eigenvalue weighted by Gasteiger charge is -2.11. The molecule has 1 aromatic rings. The Morgan fingerprint density at radius 2 is 2.10 bits per heavy atom. The molecule has 0 radical (unpaired) electrons. The van der Waals surface area contributed by atoms with Gasteiger partial charge in [0.1, 0.15) is 0 Å². The molecule has 1 rings (SSSR count). The number of rotatable bonds is 8. The Morgan fingerprint density at radius 1 is 1.33 bits per heavy atom. The van der Waals surface area contributed by atoms with Crippen LogP contribution in [0.4, 0.5) is 0 Å². The first-order valence-corrected chi connectivity index (χ1v) is 9.10. The van der Waals surface area contributed by atoms with Gasteiger partial charge in [-0.25, -0.2) is 13.1 Å². The summed E-state index contributed by atoms with van der Waals surface area (Å²) in [5.41, 5.74) is 1.22. The molecule has 0 bridgehead atoms. The van der Waals surface area contributed by atoms with Crippen LogP contribution in [-0.4, -0.2) is 40.3 Å². The summed E-state index contributed by atoms with van der Waals surface area (Å²) in [6.07, 6.45) is 0.707. The van der Waals surface area contributed by atoms with E-state index in [1.54, 1.807) is 25.3 Å². The van der Waals surface area contributed by atoms with Crippen molar-refractivity contribution in [1.82, 2.24) is 15.4 Å². The van der Waals surface area contributed by atoms with Crippen molar-refractivity contribution in [3.63, 3.8) is 0 Å². The van der Waals surface area contributed by atoms with Crippen molar-refractivity contribution in [3.8, 4) is 0 Å². The quantitative estimate of drug-likeness (QED) is 0.244. The van der Waals surface area contributed by atoms with Crippen molar-refractivity contribution in [3.05, 3.63) is 22.4 Å². The van der Waals surface area contributed by atoms with E-state index in [4.69, 9.17) is 0 Å². The molecule has 9 heteroatoms. The van der Waals surface area contributed by atoms with Crippen LogP contribution < -0.4 is 15.4 Å². The first-order valence-electron chi connectivity index (χ1n) is 6.50. The molecular weight excluding hydrogens is 423 g/mol. The molecule has 0 aliphatic rings. The zero-order valence-electron chi connectivity index (χ0n) is 12.3. The standard InChI is InChI=1S/C12H22N4O2S2.HI/c1-3-20(17,18)16-7-4-6-14-12(13-2)15-9-11-5-8-19-10-11;/h5,8,10,16H,3-4,6-7,9H2,1-2H3,(H2,13,14,15);1H. The molecule has 0 aliphatic carbocycles. The van der Waals surface area contributed by atoms with Crippen LogP contribution in [0, 0.1) is 0 Å². The van der Waals surface area contributed by atoms with Crippen LogP contribution in [0.2, 0.25) is 0 Å². The lowest BCUT2D eigenvalue weighted by atomic mass is 10.3. The maximum absolute atomic E-state index is 11.2. The van der Waals surface area contributed by atoms with Crippen LogP contribution in [0.5, 0.6) is 0 Å². The molecule has 0 saturated carbocycles. The highest BCUT2D eigenvalue weighted by Gasteiger charge is 2.04. The third kappa shape index (κ3) is 9.27. The van der Waals surface area contributed by atoms with Gasteiger partial charge in [-0.3, -0.25) is 4.99 Å². The van der Waals surface area contributed by atoms with Crippen molar-refractivity contribution in [1.29, 1.82) is 0 Å². The molecule has 0 aromatic carbocycles. The van der Waals surface area contributed by atoms with E-state index in [1.165, 1.54) is 5.56 Å². The number of nitrogens with one attached hydrogen (secondary N) is 3. The van der Waals surface area contributed by atoms with E-state index < -0.39 is 10.0 Å². The van der Waals surface area contributed by atoms with E-state index in [0.717, 1.165) is 12.5 Å². The monoisotopic (exact) mass is 446 g/mol. The van der Waals surface area contributed by atoms with Gasteiger partial charge in [0, 0.05) is 26.7 Å². The van der Waals surface area contributed by atoms with Gasteiger partial charge < -0.3 is 10.6 Å². The Balaban J connectivity index is 0.00000400. The van der Waals surface area contributed by atoms with E-state index in [0.29, 0.717) is 19.5 Å². The van der Waals surface area contributed by atoms with Crippen molar-refractivity contribution in [2.45, 2.75) is 19.9 Å². The van der Waals surface area contributed by atoms with Crippen molar-refractivity contribution < 1.29 is 8.42 Å². The minimum Gasteiger partial charge on any atom is -0.356 e. The molecule has 1 heterocycles. The number of hydrogen-bond acceptors (Lipinski definition) is 4. The Morgan fingerprint density at radius 3 is 2.67 bits per heavy atom. The predicted octanol–water partition coefficient (Wildman–Crippen LogP) is 1.36. The van der Waals surface area contributed by atoms with Gasteiger partial charge in [0.15, 0.2) is 5.96 Å². The highest BCUT2D eigenvalue weighted by atomic mass is 127. The third-order valence-electron chi connectivity index (χ3n) is 2.61. The third-order valence-corrected chi connectivity index (χ3v) is 4.75. The number of guanidine groups is 1. The molecular formula is C12H23IN4O2S2. The van der Waals surface area contributed by atoms with Gasteiger partial charge in [0.05, 0.1) is 5.75 Å². The lowest BCUT2D eigenvalue weighted by Crippen LogP contribution is -2.38. The second kappa shape index (κ2) is 11.2. The average molecular weight is 446 g/mol. The number of aliphatic imine (C=N–C) groups is 1. The van der Waals surface area contributed by atoms with Crippen molar-refractivity contribution in [2.75, 3.05) is 25.9 Å². The van der Waals surface area contributed by atoms with Gasteiger partial charge in [-0.2, -0.15) is 11.3 Å². The van der Waals surface area contributed by atoms with Gasteiger partial charge in [-0.15, -0.1) is 24.0 Å². The van der Waals surface area contributed by atoms with E-state index in [9.17, 15) is 8.42 Å². The first kappa shape index (κ1) is 20.6. The van der Waals surface area contributed by atoms with E-state index in [1.807, 2.05) is 5.38 Å². The summed E-state index contributed by atoms with van der Waals surface area (Å²) in [6.45, 7) is 3.45. The topological polar surface area (TPSA) is 82.6 Å². The van der Waals surface area contributed by atoms with E-state index in [2.05, 4.69) is 31.8 Å². The smallest absolute Gasteiger partial charge is 0.211 e. The highest BCUT2D eigenvalue weighted by molar-refractivity contribution is 14.0. The summed E-state index contributed by atoms with van der Waals surface area (Å²) in [7, 11) is -1.38. The summed E-state index contributed by atoms with van der Waals surface area (Å²) in [4.78, 5) is 4.11. The molecule has 0 spiro atoms. The van der Waals surface area contributed by atoms with Crippen LogP contribution in [0.3, 0.4) is 0 Å². The van der Waals surface area contributed by atoms with E-state index >= 15 is 0 Å². The fourth-order valence-corrected chi connectivity index (χ4v) is 2.75. The summed E-state index contributed by atoms with van der Waals surface area (Å²) >= 11 is 1.66. The lowest BCUT2D eigenvalue weighted by molar-refractivity contribution is 0.579. The van der Waals surface area contributed by atoms with Gasteiger partial charge in [-0.05, 0) is 35.7 Å². The molecule has 3 N–H and O–H groups in total. The summed E-state index contributed by atoms with van der Waals surface area (Å²) in [5.74, 6) is 0.833. The van der Waals surface area contributed by atoms with Gasteiger partial charge in [0.25, 0.3) is 0 Å². The summed E-state index contributed by atoms with van der Waals surface area (Å²) in [5, 5.41) is 10.5. The van der Waals surface area contributed by atoms with Crippen LogP contribution in [-0.2, 0) is 16.6 Å². The Hall–Kier alpha value is -0.390. The second-order valence-electron chi connectivity index (χ2n) is 4.14. The fraction of sp³-hybridized carbons (Fsp3) is 0.583. The maximum atomic E-state index is 11.2. The molecule has 0 saturated heterocycles. The Labute approximate surface area is 147 Å². The predicted molar refractivity (Wildman–Crippen MR) is 100 cm³/mol. The van der Waals surface area contributed by atoms with E-state index in [-0.39, 0.29) is 29.7 Å². The molecule has 21 heavy (non-hydrogen) atoms. The van der Waals surface area contributed by atoms with Crippen molar-refractivity contribution >= 4 is 51.3 Å². The molecule has 0 aliphatic heterocycles. The second-order valence-corrected chi connectivity index (χ2v) is 7.01. The van der Waals surface area contributed by atoms with Crippen molar-refractivity contribution in [2.24, 2.45) is 4.99 Å². The molecule has 1 aromatic heterocycles. The minimum atomic E-state index is -3.09. The fourth-order valence-electron chi connectivity index (χ4n) is 1.42. The van der Waals surface area contributed by atoms with Crippen LogP contribution in [0.25, 0.3) is 0 Å². The first-order chi connectivity index (χ1) is 9.57. The van der Waals surface area contributed by atoms with Gasteiger partial charge >= 0.3 is 0 Å². The van der Waals surface area contributed by atoms with Crippen LogP contribution in [0.15, 0.2) is 21.8 Å². The maximum Gasteiger partial charge on any atom is 0.211 e. The molecule has 0 unspecified atom stereocenters. The molecule has 6 nitrogen and oxygen atoms in total. The average Bonchev–Trinajstić information content (AvgIpc) is 2.95. The normalized spacial score (nSPS) is 11.8.